The third kappa shape index (κ3) is 5.45. The minimum atomic E-state index is -1.45. The van der Waals surface area contributed by atoms with Crippen molar-refractivity contribution >= 4 is 11.9 Å². The van der Waals surface area contributed by atoms with Gasteiger partial charge in [-0.2, -0.15) is 0 Å². The van der Waals surface area contributed by atoms with Crippen LogP contribution in [0.3, 0.4) is 0 Å². The lowest BCUT2D eigenvalue weighted by molar-refractivity contribution is -0.307. The molecule has 0 aliphatic rings. The summed E-state index contributed by atoms with van der Waals surface area (Å²) in [6, 6.07) is 8.51. The van der Waals surface area contributed by atoms with Gasteiger partial charge in [-0.05, 0) is 18.4 Å². The van der Waals surface area contributed by atoms with Gasteiger partial charge in [0.2, 0.25) is 0 Å². The maximum absolute atomic E-state index is 11.2. The number of aliphatic carboxylic acids is 1. The van der Waals surface area contributed by atoms with Gasteiger partial charge >= 0.3 is 5.97 Å². The van der Waals surface area contributed by atoms with Crippen LogP contribution in [0.5, 0.6) is 0 Å². The average Bonchev–Trinajstić information content (AvgIpc) is 2.35. The fourth-order valence-electron chi connectivity index (χ4n) is 1.43. The Bertz CT molecular complexity index is 391. The average molecular weight is 250 g/mol. The second-order valence-corrected chi connectivity index (χ2v) is 3.94. The number of carboxylic acids is 1. The number of esters is 1. The van der Waals surface area contributed by atoms with Crippen molar-refractivity contribution in [2.45, 2.75) is 25.3 Å². The molecule has 2 N–H and O–H groups in total. The zero-order valence-electron chi connectivity index (χ0n) is 10.0. The second kappa shape index (κ2) is 7.45. The van der Waals surface area contributed by atoms with Gasteiger partial charge in [-0.25, -0.2) is 0 Å². The Kier molecular flexibility index (Phi) is 5.87. The quantitative estimate of drug-likeness (QED) is 0.526. The van der Waals surface area contributed by atoms with E-state index < -0.39 is 18.0 Å². The summed E-state index contributed by atoms with van der Waals surface area (Å²) in [5.74, 6) is -2.06. The van der Waals surface area contributed by atoms with E-state index in [1.165, 1.54) is 5.56 Å². The minimum absolute atomic E-state index is 0.257. The molecule has 0 saturated carbocycles. The fourth-order valence-corrected chi connectivity index (χ4v) is 1.43. The highest BCUT2D eigenvalue weighted by Crippen LogP contribution is 2.02. The number of hydrogen-bond acceptors (Lipinski definition) is 5. The molecule has 0 bridgehead atoms. The van der Waals surface area contributed by atoms with E-state index in [-0.39, 0.29) is 13.0 Å². The van der Waals surface area contributed by atoms with Crippen molar-refractivity contribution in [3.8, 4) is 0 Å². The van der Waals surface area contributed by atoms with Crippen LogP contribution < -0.4 is 10.8 Å². The molecule has 0 spiro atoms. The molecule has 5 heteroatoms. The van der Waals surface area contributed by atoms with Crippen molar-refractivity contribution in [2.75, 3.05) is 6.61 Å². The van der Waals surface area contributed by atoms with E-state index in [0.717, 1.165) is 6.42 Å². The van der Waals surface area contributed by atoms with Gasteiger partial charge in [0.25, 0.3) is 0 Å². The second-order valence-electron chi connectivity index (χ2n) is 3.94. The lowest BCUT2D eigenvalue weighted by atomic mass is 10.1. The van der Waals surface area contributed by atoms with Gasteiger partial charge in [-0.3, -0.25) is 4.79 Å². The number of nitrogens with two attached hydrogens (primary N) is 1. The molecule has 1 rings (SSSR count). The molecule has 0 heterocycles. The summed E-state index contributed by atoms with van der Waals surface area (Å²) < 4.78 is 4.87. The van der Waals surface area contributed by atoms with Crippen molar-refractivity contribution in [1.82, 2.24) is 0 Å². The molecule has 0 unspecified atom stereocenters. The normalized spacial score (nSPS) is 11.8. The van der Waals surface area contributed by atoms with E-state index in [1.807, 2.05) is 30.3 Å². The van der Waals surface area contributed by atoms with Crippen molar-refractivity contribution in [2.24, 2.45) is 5.73 Å². The molecule has 0 aliphatic carbocycles. The van der Waals surface area contributed by atoms with Crippen LogP contribution in [0.15, 0.2) is 30.3 Å². The van der Waals surface area contributed by atoms with Gasteiger partial charge < -0.3 is 20.4 Å². The Morgan fingerprint density at radius 1 is 1.28 bits per heavy atom. The van der Waals surface area contributed by atoms with E-state index in [2.05, 4.69) is 0 Å². The predicted octanol–water partition coefficient (Wildman–Crippen LogP) is -0.370. The van der Waals surface area contributed by atoms with Gasteiger partial charge in [-0.1, -0.05) is 30.3 Å². The molecule has 0 radical (unpaired) electrons. The summed E-state index contributed by atoms with van der Waals surface area (Å²) in [6.45, 7) is 0.257. The smallest absolute Gasteiger partial charge is 0.307 e. The highest BCUT2D eigenvalue weighted by molar-refractivity contribution is 5.79. The van der Waals surface area contributed by atoms with Crippen molar-refractivity contribution < 1.29 is 19.4 Å². The number of carbonyl (C=O) groups is 2. The standard InChI is InChI=1S/C13H17NO4/c14-11(13(16)17)9-12(15)18-8-4-7-10-5-2-1-3-6-10/h1-3,5-6,11H,4,7-9,14H2,(H,16,17)/p-1/t11-/m0/s1. The van der Waals surface area contributed by atoms with E-state index in [1.54, 1.807) is 0 Å². The minimum Gasteiger partial charge on any atom is -0.548 e. The van der Waals surface area contributed by atoms with E-state index in [0.29, 0.717) is 6.42 Å². The number of benzene rings is 1. The van der Waals surface area contributed by atoms with Crippen LogP contribution in [-0.4, -0.2) is 24.6 Å². The molecular weight excluding hydrogens is 234 g/mol. The Balaban J connectivity index is 2.14. The monoisotopic (exact) mass is 250 g/mol. The number of carbonyl (C=O) groups excluding carboxylic acids is 2. The molecular formula is C13H16NO4-. The summed E-state index contributed by atoms with van der Waals surface area (Å²) in [7, 11) is 0. The predicted molar refractivity (Wildman–Crippen MR) is 63.3 cm³/mol. The lowest BCUT2D eigenvalue weighted by Crippen LogP contribution is -2.43. The van der Waals surface area contributed by atoms with Gasteiger partial charge in [-0.15, -0.1) is 0 Å². The Hall–Kier alpha value is -1.88. The number of ether oxygens (including phenoxy) is 1. The maximum Gasteiger partial charge on any atom is 0.307 e. The molecule has 0 aliphatic heterocycles. The SMILES string of the molecule is N[C@@H](CC(=O)OCCCc1ccccc1)C(=O)[O-]. The van der Waals surface area contributed by atoms with Gasteiger partial charge in [0, 0.05) is 0 Å². The van der Waals surface area contributed by atoms with Crippen LogP contribution in [0, 0.1) is 0 Å². The molecule has 0 aromatic heterocycles. The highest BCUT2D eigenvalue weighted by atomic mass is 16.5. The topological polar surface area (TPSA) is 92.5 Å². The van der Waals surface area contributed by atoms with Gasteiger partial charge in [0.1, 0.15) is 0 Å². The highest BCUT2D eigenvalue weighted by Gasteiger charge is 2.11. The number of hydrogen-bond donors (Lipinski definition) is 1. The number of carboxylic acid groups (broad SMARTS) is 1. The maximum atomic E-state index is 11.2. The molecule has 1 aromatic carbocycles. The Morgan fingerprint density at radius 2 is 1.94 bits per heavy atom. The third-order valence-electron chi connectivity index (χ3n) is 2.40. The van der Waals surface area contributed by atoms with E-state index in [4.69, 9.17) is 10.5 Å². The summed E-state index contributed by atoms with van der Waals surface area (Å²) >= 11 is 0. The zero-order valence-corrected chi connectivity index (χ0v) is 10.0. The van der Waals surface area contributed by atoms with Gasteiger partial charge in [0.05, 0.1) is 25.0 Å². The summed E-state index contributed by atoms with van der Waals surface area (Å²) in [5, 5.41) is 10.3. The molecule has 0 fully saturated rings. The number of rotatable bonds is 7. The molecule has 0 saturated heterocycles. The molecule has 0 amide bonds. The van der Waals surface area contributed by atoms with Crippen molar-refractivity contribution in [3.63, 3.8) is 0 Å². The van der Waals surface area contributed by atoms with E-state index in [9.17, 15) is 14.7 Å². The Morgan fingerprint density at radius 3 is 2.56 bits per heavy atom. The van der Waals surface area contributed by atoms with Crippen LogP contribution in [0.25, 0.3) is 0 Å². The largest absolute Gasteiger partial charge is 0.548 e. The van der Waals surface area contributed by atoms with Gasteiger partial charge in [0.15, 0.2) is 0 Å². The molecule has 5 nitrogen and oxygen atoms in total. The summed E-state index contributed by atoms with van der Waals surface area (Å²) in [4.78, 5) is 21.5. The lowest BCUT2D eigenvalue weighted by Gasteiger charge is -2.11. The zero-order chi connectivity index (χ0) is 13.4. The Labute approximate surface area is 106 Å². The molecule has 98 valence electrons. The van der Waals surface area contributed by atoms with Crippen LogP contribution >= 0.6 is 0 Å². The van der Waals surface area contributed by atoms with E-state index >= 15 is 0 Å². The summed E-state index contributed by atoms with van der Waals surface area (Å²) in [5.41, 5.74) is 6.32. The first-order chi connectivity index (χ1) is 8.59. The van der Waals surface area contributed by atoms with Crippen molar-refractivity contribution in [1.29, 1.82) is 0 Å². The third-order valence-corrected chi connectivity index (χ3v) is 2.40. The first-order valence-corrected chi connectivity index (χ1v) is 5.75. The van der Waals surface area contributed by atoms with Crippen LogP contribution in [0.4, 0.5) is 0 Å². The van der Waals surface area contributed by atoms with Crippen LogP contribution in [0.1, 0.15) is 18.4 Å². The fraction of sp³-hybridized carbons (Fsp3) is 0.385. The van der Waals surface area contributed by atoms with Crippen molar-refractivity contribution in [3.05, 3.63) is 35.9 Å². The first kappa shape index (κ1) is 14.2. The summed E-state index contributed by atoms with van der Waals surface area (Å²) in [6.07, 6.45) is 1.14. The van der Waals surface area contributed by atoms with Crippen LogP contribution in [-0.2, 0) is 20.7 Å². The van der Waals surface area contributed by atoms with Crippen LogP contribution in [0.2, 0.25) is 0 Å². The molecule has 1 atom stereocenters. The number of aryl methyl sites for hydroxylation is 1. The molecule has 18 heavy (non-hydrogen) atoms. The first-order valence-electron chi connectivity index (χ1n) is 5.75. The molecule has 1 aromatic rings.